The number of hydrogen-bond donors (Lipinski definition) is 3. The number of sulfonamides is 1. The van der Waals surface area contributed by atoms with Gasteiger partial charge in [-0.25, -0.2) is 18.1 Å². The zero-order valence-corrected chi connectivity index (χ0v) is 19.8. The Balaban J connectivity index is 1.44. The molecule has 2 heterocycles. The van der Waals surface area contributed by atoms with Gasteiger partial charge in [-0.1, -0.05) is 19.9 Å². The molecule has 0 bridgehead atoms. The number of fused-ring (bicyclic) bond motifs is 1. The Hall–Kier alpha value is -2.91. The Morgan fingerprint density at radius 1 is 1.21 bits per heavy atom. The second-order valence-electron chi connectivity index (χ2n) is 8.91. The average Bonchev–Trinajstić information content (AvgIpc) is 2.78. The molecule has 2 unspecified atom stereocenters. The van der Waals surface area contributed by atoms with Gasteiger partial charge in [0.1, 0.15) is 11.6 Å². The van der Waals surface area contributed by atoms with E-state index in [9.17, 15) is 13.5 Å². The van der Waals surface area contributed by atoms with E-state index in [0.29, 0.717) is 29.9 Å². The third-order valence-corrected chi connectivity index (χ3v) is 7.43. The lowest BCUT2D eigenvalue weighted by molar-refractivity contribution is 0.375. The van der Waals surface area contributed by atoms with Crippen molar-refractivity contribution in [1.29, 1.82) is 0 Å². The number of piperidine rings is 1. The van der Waals surface area contributed by atoms with Gasteiger partial charge in [-0.15, -0.1) is 0 Å². The van der Waals surface area contributed by atoms with E-state index in [1.165, 1.54) is 0 Å². The topological polar surface area (TPSA) is 107 Å². The van der Waals surface area contributed by atoms with Crippen molar-refractivity contribution in [2.45, 2.75) is 44.0 Å². The summed E-state index contributed by atoms with van der Waals surface area (Å²) in [5.74, 6) is 2.28. The molecule has 176 valence electrons. The van der Waals surface area contributed by atoms with Crippen LogP contribution in [0.4, 0.5) is 17.5 Å². The number of allylic oxidation sites excluding steroid dienone is 1. The normalized spacial score (nSPS) is 20.5. The van der Waals surface area contributed by atoms with Crippen LogP contribution in [0.5, 0.6) is 0 Å². The predicted molar refractivity (Wildman–Crippen MR) is 130 cm³/mol. The number of nitrogens with zero attached hydrogens (tertiary/aromatic N) is 3. The summed E-state index contributed by atoms with van der Waals surface area (Å²) in [4.78, 5) is 11.5. The van der Waals surface area contributed by atoms with Crippen molar-refractivity contribution in [2.75, 3.05) is 23.3 Å². The molecule has 1 aliphatic heterocycles. The first-order valence-electron chi connectivity index (χ1n) is 11.4. The maximum absolute atomic E-state index is 12.5. The molecular weight excluding hydrogens is 438 g/mol. The summed E-state index contributed by atoms with van der Waals surface area (Å²) in [7, 11) is -3.53. The molecule has 2 aliphatic rings. The first-order chi connectivity index (χ1) is 15.8. The van der Waals surface area contributed by atoms with E-state index in [1.54, 1.807) is 36.5 Å². The van der Waals surface area contributed by atoms with Gasteiger partial charge in [0.25, 0.3) is 0 Å². The van der Waals surface area contributed by atoms with E-state index in [1.807, 2.05) is 18.2 Å². The highest BCUT2D eigenvalue weighted by Crippen LogP contribution is 2.32. The van der Waals surface area contributed by atoms with Gasteiger partial charge < -0.3 is 15.3 Å². The molecule has 33 heavy (non-hydrogen) atoms. The summed E-state index contributed by atoms with van der Waals surface area (Å²) in [5.41, 5.74) is 0.704. The van der Waals surface area contributed by atoms with E-state index in [0.717, 1.165) is 31.6 Å². The second kappa shape index (κ2) is 9.93. The van der Waals surface area contributed by atoms with Crippen LogP contribution in [0.2, 0.25) is 0 Å². The van der Waals surface area contributed by atoms with Crippen LogP contribution in [0.15, 0.2) is 65.4 Å². The van der Waals surface area contributed by atoms with Gasteiger partial charge in [-0.05, 0) is 67.7 Å². The van der Waals surface area contributed by atoms with Crippen LogP contribution >= 0.6 is 0 Å². The average molecular weight is 470 g/mol. The molecule has 1 fully saturated rings. The fourth-order valence-electron chi connectivity index (χ4n) is 4.20. The molecule has 4 rings (SSSR count). The fraction of sp³-hybridized carbons (Fsp3) is 0.417. The van der Waals surface area contributed by atoms with E-state index in [2.05, 4.69) is 38.8 Å². The molecule has 9 heteroatoms. The minimum Gasteiger partial charge on any atom is -0.508 e. The van der Waals surface area contributed by atoms with Crippen LogP contribution in [0, 0.1) is 11.8 Å². The van der Waals surface area contributed by atoms with Crippen molar-refractivity contribution in [3.05, 3.63) is 60.5 Å². The summed E-state index contributed by atoms with van der Waals surface area (Å²) in [5, 5.41) is 13.0. The summed E-state index contributed by atoms with van der Waals surface area (Å²) in [6, 6.07) is 8.61. The van der Waals surface area contributed by atoms with E-state index >= 15 is 0 Å². The van der Waals surface area contributed by atoms with E-state index < -0.39 is 10.0 Å². The summed E-state index contributed by atoms with van der Waals surface area (Å²) < 4.78 is 27.5. The predicted octanol–water partition coefficient (Wildman–Crippen LogP) is 4.14. The highest BCUT2D eigenvalue weighted by atomic mass is 32.2. The molecule has 0 saturated carbocycles. The monoisotopic (exact) mass is 469 g/mol. The molecule has 1 aromatic heterocycles. The highest BCUT2D eigenvalue weighted by Gasteiger charge is 2.31. The van der Waals surface area contributed by atoms with Crippen molar-refractivity contribution >= 4 is 27.5 Å². The van der Waals surface area contributed by atoms with Gasteiger partial charge in [0.15, 0.2) is 0 Å². The van der Waals surface area contributed by atoms with Crippen molar-refractivity contribution in [2.24, 2.45) is 11.8 Å². The number of benzene rings is 1. The molecule has 2 aromatic rings. The fourth-order valence-corrected chi connectivity index (χ4v) is 5.24. The Kier molecular flexibility index (Phi) is 6.99. The number of anilines is 3. The van der Waals surface area contributed by atoms with Crippen LogP contribution < -0.4 is 14.9 Å². The maximum Gasteiger partial charge on any atom is 0.240 e. The Morgan fingerprint density at radius 3 is 2.76 bits per heavy atom. The molecule has 8 nitrogen and oxygen atoms in total. The van der Waals surface area contributed by atoms with E-state index in [4.69, 9.17) is 0 Å². The molecule has 1 aromatic carbocycles. The quantitative estimate of drug-likeness (QED) is 0.533. The van der Waals surface area contributed by atoms with Crippen molar-refractivity contribution in [3.8, 4) is 0 Å². The minimum absolute atomic E-state index is 0.157. The number of nitrogens with one attached hydrogen (secondary N) is 2. The van der Waals surface area contributed by atoms with Gasteiger partial charge in [-0.3, -0.25) is 0 Å². The summed E-state index contributed by atoms with van der Waals surface area (Å²) in [6.07, 6.45) is 10.3. The van der Waals surface area contributed by atoms with Crippen LogP contribution in [0.3, 0.4) is 0 Å². The molecule has 0 spiro atoms. The third kappa shape index (κ3) is 5.72. The molecule has 0 amide bonds. The lowest BCUT2D eigenvalue weighted by Crippen LogP contribution is -2.45. The molecule has 1 saturated heterocycles. The smallest absolute Gasteiger partial charge is 0.240 e. The highest BCUT2D eigenvalue weighted by molar-refractivity contribution is 7.89. The van der Waals surface area contributed by atoms with Gasteiger partial charge in [0.2, 0.25) is 16.0 Å². The zero-order chi connectivity index (χ0) is 23.4. The van der Waals surface area contributed by atoms with Gasteiger partial charge in [0, 0.05) is 30.9 Å². The lowest BCUT2D eigenvalue weighted by atomic mass is 9.85. The number of rotatable bonds is 8. The zero-order valence-electron chi connectivity index (χ0n) is 19.0. The van der Waals surface area contributed by atoms with Crippen molar-refractivity contribution in [3.63, 3.8) is 0 Å². The maximum atomic E-state index is 12.5. The van der Waals surface area contributed by atoms with Crippen LogP contribution in [-0.2, 0) is 10.0 Å². The minimum atomic E-state index is -3.53. The Morgan fingerprint density at radius 2 is 2.00 bits per heavy atom. The number of hydrogen-bond acceptors (Lipinski definition) is 7. The Bertz CT molecular complexity index is 1130. The molecule has 2 atom stereocenters. The van der Waals surface area contributed by atoms with Crippen LogP contribution in [0.25, 0.3) is 0 Å². The first kappa shape index (κ1) is 23.3. The first-order valence-corrected chi connectivity index (χ1v) is 12.9. The van der Waals surface area contributed by atoms with Crippen molar-refractivity contribution in [1.82, 2.24) is 14.7 Å². The standard InChI is InChI=1S/C24H31N5O3S/c1-17(2)11-14-26-33(31,32)21-8-5-19(6-9-21)27-24-25-13-12-23(28-24)29-15-3-4-18-16-20(30)7-10-22(18)29/h5-10,12-13,16-18,22,26,30H,3-4,11,14-15H2,1-2H3,(H,25,27,28). The Labute approximate surface area is 195 Å². The molecule has 1 aliphatic carbocycles. The number of aromatic nitrogens is 2. The largest absolute Gasteiger partial charge is 0.508 e. The SMILES string of the molecule is CC(C)CCNS(=O)(=O)c1ccc(Nc2nccc(N3CCCC4C=C(O)C=CC43)n2)cc1. The van der Waals surface area contributed by atoms with Gasteiger partial charge in [-0.2, -0.15) is 4.98 Å². The lowest BCUT2D eigenvalue weighted by Gasteiger charge is -2.40. The summed E-state index contributed by atoms with van der Waals surface area (Å²) >= 11 is 0. The van der Waals surface area contributed by atoms with E-state index in [-0.39, 0.29) is 16.9 Å². The summed E-state index contributed by atoms with van der Waals surface area (Å²) in [6.45, 7) is 5.42. The molecular formula is C24H31N5O3S. The second-order valence-corrected chi connectivity index (χ2v) is 10.7. The number of aliphatic hydroxyl groups excluding tert-OH is 1. The van der Waals surface area contributed by atoms with Crippen molar-refractivity contribution < 1.29 is 13.5 Å². The number of aliphatic hydroxyl groups is 1. The molecule has 0 radical (unpaired) electrons. The van der Waals surface area contributed by atoms with Crippen LogP contribution in [0.1, 0.15) is 33.1 Å². The third-order valence-electron chi connectivity index (χ3n) is 5.95. The molecule has 3 N–H and O–H groups in total. The van der Waals surface area contributed by atoms with Gasteiger partial charge in [0.05, 0.1) is 10.9 Å². The van der Waals surface area contributed by atoms with Gasteiger partial charge >= 0.3 is 0 Å². The van der Waals surface area contributed by atoms with Crippen LogP contribution in [-0.4, -0.2) is 42.6 Å².